The predicted octanol–water partition coefficient (Wildman–Crippen LogP) is 3.25. The lowest BCUT2D eigenvalue weighted by Gasteiger charge is -2.08. The van der Waals surface area contributed by atoms with Crippen LogP contribution >= 0.6 is 0 Å². The van der Waals surface area contributed by atoms with Crippen LogP contribution in [0.5, 0.6) is 0 Å². The highest BCUT2D eigenvalue weighted by Crippen LogP contribution is 2.13. The van der Waals surface area contributed by atoms with E-state index in [9.17, 15) is 14.7 Å². The zero-order chi connectivity index (χ0) is 23.3. The summed E-state index contributed by atoms with van der Waals surface area (Å²) < 4.78 is 4.48. The Bertz CT molecular complexity index is 915. The minimum atomic E-state index is -0.540. The summed E-state index contributed by atoms with van der Waals surface area (Å²) in [5.74, 6) is 0. The average Bonchev–Trinajstić information content (AvgIpc) is 3.18. The number of imidazole rings is 1. The fourth-order valence-corrected chi connectivity index (χ4v) is 4.28. The molecule has 2 aromatic heterocycles. The molecule has 0 saturated carbocycles. The summed E-state index contributed by atoms with van der Waals surface area (Å²) >= 11 is 0. The molecule has 0 fully saturated rings. The normalized spacial score (nSPS) is 12.6. The van der Waals surface area contributed by atoms with Crippen LogP contribution in [0, 0.1) is 0 Å². The molecular weight excluding hydrogens is 408 g/mol. The third kappa shape index (κ3) is 7.89. The maximum absolute atomic E-state index is 12.7. The molecule has 0 saturated heterocycles. The number of unbranched alkanes of at least 4 members (excludes halogenated alkanes) is 12. The second-order valence-electron chi connectivity index (χ2n) is 9.05. The maximum Gasteiger partial charge on any atom is 0.332 e. The first kappa shape index (κ1) is 26.3. The first-order valence-electron chi connectivity index (χ1n) is 12.4. The monoisotopic (exact) mass is 450 g/mol. The standard InChI is InChI=1S/C24H42N4O4/c1-26-19-25-22-21(26)23(31)28(24(32)27(22)2)17-15-13-11-9-7-5-3-4-6-8-10-12-14-16-20(30)18-29/h19-20,29-30H,3-18H2,1-2H3. The van der Waals surface area contributed by atoms with Gasteiger partial charge in [0.25, 0.3) is 5.56 Å². The van der Waals surface area contributed by atoms with Crippen molar-refractivity contribution >= 4 is 11.2 Å². The van der Waals surface area contributed by atoms with Gasteiger partial charge < -0.3 is 14.8 Å². The number of nitrogens with zero attached hydrogens (tertiary/aromatic N) is 4. The van der Waals surface area contributed by atoms with Gasteiger partial charge >= 0.3 is 5.69 Å². The van der Waals surface area contributed by atoms with Gasteiger partial charge in [-0.25, -0.2) is 9.78 Å². The number of hydrogen-bond acceptors (Lipinski definition) is 5. The maximum atomic E-state index is 12.7. The number of fused-ring (bicyclic) bond motifs is 1. The SMILES string of the molecule is Cn1cnc2c1c(=O)n(CCCCCCCCCCCCCCCC(O)CO)c(=O)n2C. The molecule has 32 heavy (non-hydrogen) atoms. The van der Waals surface area contributed by atoms with E-state index in [0.29, 0.717) is 24.1 Å². The lowest BCUT2D eigenvalue weighted by molar-refractivity contribution is 0.0860. The van der Waals surface area contributed by atoms with Gasteiger partial charge in [-0.15, -0.1) is 0 Å². The van der Waals surface area contributed by atoms with Gasteiger partial charge in [0.1, 0.15) is 0 Å². The Balaban J connectivity index is 1.50. The minimum absolute atomic E-state index is 0.123. The minimum Gasteiger partial charge on any atom is -0.394 e. The molecule has 8 nitrogen and oxygen atoms in total. The molecule has 0 amide bonds. The van der Waals surface area contributed by atoms with Crippen LogP contribution in [0.2, 0.25) is 0 Å². The number of aliphatic hydroxyl groups is 2. The molecule has 182 valence electrons. The number of hydrogen-bond donors (Lipinski definition) is 2. The summed E-state index contributed by atoms with van der Waals surface area (Å²) in [5, 5.41) is 18.1. The molecule has 1 atom stereocenters. The summed E-state index contributed by atoms with van der Waals surface area (Å²) in [4.78, 5) is 29.3. The van der Waals surface area contributed by atoms with E-state index in [2.05, 4.69) is 4.98 Å². The van der Waals surface area contributed by atoms with E-state index in [4.69, 9.17) is 5.11 Å². The number of aryl methyl sites for hydroxylation is 2. The second kappa shape index (κ2) is 14.3. The van der Waals surface area contributed by atoms with Crippen molar-refractivity contribution in [2.24, 2.45) is 14.1 Å². The Morgan fingerprint density at radius 1 is 0.844 bits per heavy atom. The molecule has 2 N–H and O–H groups in total. The van der Waals surface area contributed by atoms with E-state index in [-0.39, 0.29) is 17.9 Å². The van der Waals surface area contributed by atoms with Gasteiger partial charge in [0.15, 0.2) is 11.2 Å². The largest absolute Gasteiger partial charge is 0.394 e. The van der Waals surface area contributed by atoms with Gasteiger partial charge in [-0.3, -0.25) is 13.9 Å². The van der Waals surface area contributed by atoms with E-state index in [1.807, 2.05) is 0 Å². The lowest BCUT2D eigenvalue weighted by Crippen LogP contribution is -2.39. The highest BCUT2D eigenvalue weighted by Gasteiger charge is 2.14. The number of aliphatic hydroxyl groups excluding tert-OH is 2. The van der Waals surface area contributed by atoms with E-state index in [1.165, 1.54) is 60.5 Å². The molecule has 0 bridgehead atoms. The fraction of sp³-hybridized carbons (Fsp3) is 0.792. The summed E-state index contributed by atoms with van der Waals surface area (Å²) in [6.07, 6.45) is 17.0. The molecule has 1 unspecified atom stereocenters. The zero-order valence-electron chi connectivity index (χ0n) is 20.0. The van der Waals surface area contributed by atoms with Crippen LogP contribution in [0.4, 0.5) is 0 Å². The molecule has 0 aliphatic heterocycles. The molecular formula is C24H42N4O4. The van der Waals surface area contributed by atoms with E-state index >= 15 is 0 Å². The molecule has 0 radical (unpaired) electrons. The molecule has 0 spiro atoms. The summed E-state index contributed by atoms with van der Waals surface area (Å²) in [7, 11) is 3.44. The first-order valence-corrected chi connectivity index (χ1v) is 12.4. The topological polar surface area (TPSA) is 102 Å². The van der Waals surface area contributed by atoms with Crippen LogP contribution in [-0.4, -0.2) is 41.6 Å². The van der Waals surface area contributed by atoms with Crippen LogP contribution in [-0.2, 0) is 20.6 Å². The highest BCUT2D eigenvalue weighted by atomic mass is 16.3. The number of rotatable bonds is 17. The Morgan fingerprint density at radius 3 is 1.88 bits per heavy atom. The lowest BCUT2D eigenvalue weighted by atomic mass is 10.0. The molecule has 2 heterocycles. The Morgan fingerprint density at radius 2 is 1.34 bits per heavy atom. The van der Waals surface area contributed by atoms with Crippen molar-refractivity contribution in [3.63, 3.8) is 0 Å². The van der Waals surface area contributed by atoms with Crippen molar-refractivity contribution in [3.8, 4) is 0 Å². The smallest absolute Gasteiger partial charge is 0.332 e. The van der Waals surface area contributed by atoms with Gasteiger partial charge in [0.2, 0.25) is 0 Å². The van der Waals surface area contributed by atoms with Crippen LogP contribution in [0.1, 0.15) is 89.9 Å². The average molecular weight is 451 g/mol. The second-order valence-corrected chi connectivity index (χ2v) is 9.05. The Kier molecular flexibility index (Phi) is 11.7. The van der Waals surface area contributed by atoms with Crippen molar-refractivity contribution in [1.82, 2.24) is 18.7 Å². The van der Waals surface area contributed by atoms with Crippen LogP contribution in [0.3, 0.4) is 0 Å². The summed E-state index contributed by atoms with van der Waals surface area (Å²) in [6.45, 7) is 0.341. The van der Waals surface area contributed by atoms with Crippen molar-refractivity contribution in [2.75, 3.05) is 6.61 Å². The van der Waals surface area contributed by atoms with E-state index < -0.39 is 6.10 Å². The van der Waals surface area contributed by atoms with Crippen molar-refractivity contribution < 1.29 is 10.2 Å². The molecule has 0 aliphatic carbocycles. The number of aromatic nitrogens is 4. The molecule has 0 aromatic carbocycles. The molecule has 0 aliphatic rings. The Labute approximate surface area is 190 Å². The molecule has 8 heteroatoms. The van der Waals surface area contributed by atoms with Gasteiger partial charge in [0.05, 0.1) is 19.0 Å². The predicted molar refractivity (Wildman–Crippen MR) is 128 cm³/mol. The third-order valence-corrected chi connectivity index (χ3v) is 6.33. The van der Waals surface area contributed by atoms with Crippen LogP contribution in [0.15, 0.2) is 15.9 Å². The molecule has 2 aromatic rings. The highest BCUT2D eigenvalue weighted by molar-refractivity contribution is 5.69. The summed E-state index contributed by atoms with van der Waals surface area (Å²) in [6, 6.07) is 0. The van der Waals surface area contributed by atoms with Crippen molar-refractivity contribution in [1.29, 1.82) is 0 Å². The fourth-order valence-electron chi connectivity index (χ4n) is 4.28. The van der Waals surface area contributed by atoms with Crippen LogP contribution < -0.4 is 11.2 Å². The zero-order valence-corrected chi connectivity index (χ0v) is 20.0. The van der Waals surface area contributed by atoms with Gasteiger partial charge in [-0.2, -0.15) is 0 Å². The van der Waals surface area contributed by atoms with Gasteiger partial charge in [-0.1, -0.05) is 77.0 Å². The Hall–Kier alpha value is -1.93. The van der Waals surface area contributed by atoms with Crippen molar-refractivity contribution in [2.45, 2.75) is 103 Å². The molecule has 2 rings (SSSR count). The van der Waals surface area contributed by atoms with Gasteiger partial charge in [-0.05, 0) is 12.8 Å². The quantitative estimate of drug-likeness (QED) is 0.360. The first-order chi connectivity index (χ1) is 15.5. The van der Waals surface area contributed by atoms with E-state index in [0.717, 1.165) is 32.1 Å². The summed E-state index contributed by atoms with van der Waals surface area (Å²) in [5.41, 5.74) is 0.388. The van der Waals surface area contributed by atoms with Crippen LogP contribution in [0.25, 0.3) is 11.2 Å². The van der Waals surface area contributed by atoms with E-state index in [1.54, 1.807) is 25.0 Å². The van der Waals surface area contributed by atoms with Gasteiger partial charge in [0, 0.05) is 20.6 Å². The van der Waals surface area contributed by atoms with Crippen molar-refractivity contribution in [3.05, 3.63) is 27.2 Å². The third-order valence-electron chi connectivity index (χ3n) is 6.33.